The Morgan fingerprint density at radius 3 is 2.62 bits per heavy atom. The summed E-state index contributed by atoms with van der Waals surface area (Å²) in [6.45, 7) is 7.75. The summed E-state index contributed by atoms with van der Waals surface area (Å²) < 4.78 is 1.67. The first kappa shape index (κ1) is 19.4. The number of rotatable bonds is 4. The largest absolute Gasteiger partial charge is 0.368 e. The van der Waals surface area contributed by atoms with Gasteiger partial charge in [0.25, 0.3) is 0 Å². The molecule has 0 radical (unpaired) electrons. The molecule has 8 nitrogen and oxygen atoms in total. The second-order valence-electron chi connectivity index (χ2n) is 7.83. The first-order valence-corrected chi connectivity index (χ1v) is 10.3. The van der Waals surface area contributed by atoms with E-state index >= 15 is 0 Å². The van der Waals surface area contributed by atoms with Crippen LogP contribution in [-0.4, -0.2) is 69.1 Å². The molecule has 154 valence electrons. The maximum Gasteiger partial charge on any atom is 0.244 e. The number of likely N-dealkylation sites (tertiary alicyclic amines) is 1. The molecule has 2 aliphatic rings. The summed E-state index contributed by atoms with van der Waals surface area (Å²) in [5, 5.41) is 4.15. The zero-order chi connectivity index (χ0) is 20.4. The van der Waals surface area contributed by atoms with Gasteiger partial charge >= 0.3 is 0 Å². The Morgan fingerprint density at radius 2 is 1.93 bits per heavy atom. The Labute approximate surface area is 171 Å². The Morgan fingerprint density at radius 1 is 1.14 bits per heavy atom. The van der Waals surface area contributed by atoms with E-state index in [0.29, 0.717) is 0 Å². The average Bonchev–Trinajstić information content (AvgIpc) is 3.39. The molecular weight excluding hydrogens is 368 g/mol. The van der Waals surface area contributed by atoms with E-state index in [1.165, 1.54) is 0 Å². The smallest absolute Gasteiger partial charge is 0.244 e. The van der Waals surface area contributed by atoms with Crippen molar-refractivity contribution in [3.05, 3.63) is 42.0 Å². The molecule has 1 unspecified atom stereocenters. The first-order valence-electron chi connectivity index (χ1n) is 10.3. The number of piperazine rings is 1. The predicted octanol–water partition coefficient (Wildman–Crippen LogP) is 1.62. The van der Waals surface area contributed by atoms with Gasteiger partial charge in [0, 0.05) is 63.4 Å². The zero-order valence-corrected chi connectivity index (χ0v) is 17.1. The van der Waals surface area contributed by atoms with Crippen molar-refractivity contribution in [2.45, 2.75) is 39.3 Å². The Bertz CT molecular complexity index is 873. The number of aromatic nitrogens is 3. The minimum atomic E-state index is 0.00946. The van der Waals surface area contributed by atoms with Crippen LogP contribution in [0.4, 0.5) is 5.69 Å². The fraction of sp³-hybridized carbons (Fsp3) is 0.524. The third-order valence-corrected chi connectivity index (χ3v) is 5.82. The molecule has 0 saturated carbocycles. The number of pyridine rings is 1. The van der Waals surface area contributed by atoms with Gasteiger partial charge in [0.1, 0.15) is 6.54 Å². The van der Waals surface area contributed by atoms with E-state index in [1.807, 2.05) is 29.0 Å². The van der Waals surface area contributed by atoms with Crippen LogP contribution in [0.15, 0.2) is 30.6 Å². The van der Waals surface area contributed by atoms with Crippen molar-refractivity contribution in [1.82, 2.24) is 24.6 Å². The maximum atomic E-state index is 12.9. The fourth-order valence-corrected chi connectivity index (χ4v) is 4.30. The van der Waals surface area contributed by atoms with E-state index in [9.17, 15) is 9.59 Å². The predicted molar refractivity (Wildman–Crippen MR) is 109 cm³/mol. The molecule has 0 aliphatic carbocycles. The van der Waals surface area contributed by atoms with Crippen molar-refractivity contribution < 1.29 is 9.59 Å². The van der Waals surface area contributed by atoms with Gasteiger partial charge in [0.05, 0.1) is 11.7 Å². The summed E-state index contributed by atoms with van der Waals surface area (Å²) in [5.41, 5.74) is 3.04. The molecule has 2 amide bonds. The molecule has 0 N–H and O–H groups in total. The highest BCUT2D eigenvalue weighted by molar-refractivity contribution is 5.77. The Balaban J connectivity index is 1.50. The number of carbonyl (C=O) groups excluding carboxylic acids is 2. The van der Waals surface area contributed by atoms with Gasteiger partial charge in [-0.15, -0.1) is 0 Å². The SMILES string of the molecule is CC(=O)N1CCN(c2cc(C)nc(C3CCCN3C(=O)Cn3cccn3)c2)CC1. The Kier molecular flexibility index (Phi) is 5.51. The van der Waals surface area contributed by atoms with Crippen LogP contribution in [0, 0.1) is 6.92 Å². The van der Waals surface area contributed by atoms with Crippen LogP contribution in [-0.2, 0) is 16.1 Å². The topological polar surface area (TPSA) is 74.6 Å². The van der Waals surface area contributed by atoms with Gasteiger partial charge in [0.2, 0.25) is 11.8 Å². The van der Waals surface area contributed by atoms with E-state index in [2.05, 4.69) is 22.1 Å². The molecule has 2 aromatic rings. The summed E-state index contributed by atoms with van der Waals surface area (Å²) in [7, 11) is 0. The van der Waals surface area contributed by atoms with Crippen molar-refractivity contribution in [3.8, 4) is 0 Å². The molecule has 2 aliphatic heterocycles. The molecule has 0 bridgehead atoms. The molecule has 2 saturated heterocycles. The van der Waals surface area contributed by atoms with Crippen LogP contribution in [0.3, 0.4) is 0 Å². The highest BCUT2D eigenvalue weighted by atomic mass is 16.2. The lowest BCUT2D eigenvalue weighted by atomic mass is 10.1. The van der Waals surface area contributed by atoms with Crippen LogP contribution in [0.25, 0.3) is 0 Å². The standard InChI is InChI=1S/C21H28N6O2/c1-16-13-18(25-11-9-24(10-12-25)17(2)28)14-19(23-16)20-5-3-8-27(20)21(29)15-26-7-4-6-22-26/h4,6-7,13-14,20H,3,5,8-12,15H2,1-2H3. The first-order chi connectivity index (χ1) is 14.0. The zero-order valence-electron chi connectivity index (χ0n) is 17.1. The second-order valence-corrected chi connectivity index (χ2v) is 7.83. The van der Waals surface area contributed by atoms with Gasteiger partial charge in [-0.3, -0.25) is 19.3 Å². The van der Waals surface area contributed by atoms with Gasteiger partial charge in [0.15, 0.2) is 0 Å². The number of aryl methyl sites for hydroxylation is 1. The number of nitrogens with zero attached hydrogens (tertiary/aromatic N) is 6. The van der Waals surface area contributed by atoms with E-state index in [1.54, 1.807) is 17.8 Å². The van der Waals surface area contributed by atoms with Gasteiger partial charge in [-0.1, -0.05) is 0 Å². The molecule has 0 aromatic carbocycles. The highest BCUT2D eigenvalue weighted by Crippen LogP contribution is 2.33. The van der Waals surface area contributed by atoms with Crippen LogP contribution < -0.4 is 4.90 Å². The maximum absolute atomic E-state index is 12.9. The van der Waals surface area contributed by atoms with Crippen LogP contribution in [0.2, 0.25) is 0 Å². The van der Waals surface area contributed by atoms with Crippen molar-refractivity contribution in [2.24, 2.45) is 0 Å². The van der Waals surface area contributed by atoms with Gasteiger partial charge in [-0.05, 0) is 38.0 Å². The summed E-state index contributed by atoms with van der Waals surface area (Å²) >= 11 is 0. The lowest BCUT2D eigenvalue weighted by Gasteiger charge is -2.36. The summed E-state index contributed by atoms with van der Waals surface area (Å²) in [5.74, 6) is 0.213. The van der Waals surface area contributed by atoms with Gasteiger partial charge in [-0.2, -0.15) is 5.10 Å². The summed E-state index contributed by atoms with van der Waals surface area (Å²) in [6, 6.07) is 6.06. The van der Waals surface area contributed by atoms with Crippen molar-refractivity contribution >= 4 is 17.5 Å². The Hall–Kier alpha value is -2.90. The average molecular weight is 396 g/mol. The molecule has 1 atom stereocenters. The molecular formula is C21H28N6O2. The number of anilines is 1. The quantitative estimate of drug-likeness (QED) is 0.785. The lowest BCUT2D eigenvalue weighted by molar-refractivity contribution is -0.133. The third-order valence-electron chi connectivity index (χ3n) is 5.82. The molecule has 2 fully saturated rings. The van der Waals surface area contributed by atoms with Crippen molar-refractivity contribution in [3.63, 3.8) is 0 Å². The van der Waals surface area contributed by atoms with Crippen molar-refractivity contribution in [1.29, 1.82) is 0 Å². The van der Waals surface area contributed by atoms with Crippen LogP contribution in [0.5, 0.6) is 0 Å². The van der Waals surface area contributed by atoms with E-state index in [4.69, 9.17) is 4.98 Å². The van der Waals surface area contributed by atoms with E-state index < -0.39 is 0 Å². The highest BCUT2D eigenvalue weighted by Gasteiger charge is 2.32. The summed E-state index contributed by atoms with van der Waals surface area (Å²) in [6.07, 6.45) is 5.41. The number of amides is 2. The van der Waals surface area contributed by atoms with Gasteiger partial charge < -0.3 is 14.7 Å². The van der Waals surface area contributed by atoms with Crippen LogP contribution >= 0.6 is 0 Å². The minimum absolute atomic E-state index is 0.00946. The van der Waals surface area contributed by atoms with Gasteiger partial charge in [-0.25, -0.2) is 0 Å². The van der Waals surface area contributed by atoms with E-state index in [0.717, 1.165) is 62.6 Å². The number of hydrogen-bond donors (Lipinski definition) is 0. The molecule has 8 heteroatoms. The minimum Gasteiger partial charge on any atom is -0.368 e. The van der Waals surface area contributed by atoms with Crippen LogP contribution in [0.1, 0.15) is 37.2 Å². The third kappa shape index (κ3) is 4.26. The lowest BCUT2D eigenvalue weighted by Crippen LogP contribution is -2.48. The molecule has 4 rings (SSSR count). The summed E-state index contributed by atoms with van der Waals surface area (Å²) in [4.78, 5) is 35.4. The molecule has 29 heavy (non-hydrogen) atoms. The molecule has 2 aromatic heterocycles. The fourth-order valence-electron chi connectivity index (χ4n) is 4.30. The van der Waals surface area contributed by atoms with E-state index in [-0.39, 0.29) is 24.4 Å². The second kappa shape index (κ2) is 8.23. The monoisotopic (exact) mass is 396 g/mol. The molecule has 4 heterocycles. The number of hydrogen-bond acceptors (Lipinski definition) is 5. The number of carbonyl (C=O) groups is 2. The molecule has 0 spiro atoms. The normalized spacial score (nSPS) is 19.7. The van der Waals surface area contributed by atoms with Crippen molar-refractivity contribution in [2.75, 3.05) is 37.6 Å².